The lowest BCUT2D eigenvalue weighted by molar-refractivity contribution is 0.248. The van der Waals surface area contributed by atoms with Gasteiger partial charge in [0.1, 0.15) is 5.00 Å². The molecule has 1 aliphatic rings. The lowest BCUT2D eigenvalue weighted by Crippen LogP contribution is -2.34. The summed E-state index contributed by atoms with van der Waals surface area (Å²) in [4.78, 5) is 16.8. The van der Waals surface area contributed by atoms with Crippen LogP contribution in [0.4, 0.5) is 10.5 Å². The smallest absolute Gasteiger partial charge is 0.319 e. The highest BCUT2D eigenvalue weighted by atomic mass is 79.9. The summed E-state index contributed by atoms with van der Waals surface area (Å²) in [6, 6.07) is 9.74. The third kappa shape index (κ3) is 4.73. The number of hydrogen-bond donors (Lipinski definition) is 2. The van der Waals surface area contributed by atoms with Crippen molar-refractivity contribution in [3.05, 3.63) is 68.8 Å². The molecule has 1 atom stereocenters. The minimum atomic E-state index is -0.169. The molecule has 1 aromatic carbocycles. The van der Waals surface area contributed by atoms with Gasteiger partial charge in [-0.05, 0) is 67.8 Å². The van der Waals surface area contributed by atoms with Gasteiger partial charge in [0.15, 0.2) is 0 Å². The number of carbonyl (C=O) groups is 1. The predicted octanol–water partition coefficient (Wildman–Crippen LogP) is 6.26. The molecule has 2 amide bonds. The van der Waals surface area contributed by atoms with Crippen molar-refractivity contribution in [2.45, 2.75) is 46.2 Å². The van der Waals surface area contributed by atoms with E-state index in [4.69, 9.17) is 0 Å². The van der Waals surface area contributed by atoms with E-state index in [-0.39, 0.29) is 12.1 Å². The fourth-order valence-electron chi connectivity index (χ4n) is 4.18. The maximum absolute atomic E-state index is 12.9. The number of anilines is 1. The molecule has 2 N–H and O–H groups in total. The van der Waals surface area contributed by atoms with E-state index in [1.165, 1.54) is 21.0 Å². The van der Waals surface area contributed by atoms with Gasteiger partial charge < -0.3 is 15.2 Å². The van der Waals surface area contributed by atoms with Crippen LogP contribution >= 0.6 is 27.3 Å². The van der Waals surface area contributed by atoms with Gasteiger partial charge in [-0.25, -0.2) is 4.79 Å². The van der Waals surface area contributed by atoms with E-state index in [0.29, 0.717) is 0 Å². The highest BCUT2D eigenvalue weighted by Crippen LogP contribution is 2.40. The summed E-state index contributed by atoms with van der Waals surface area (Å²) < 4.78 is 3.22. The number of halogens is 1. The molecular formula is C24H29BrN4OS. The standard InChI is InChI=1S/C24H29BrN4OS/c1-4-20(27-24(30)26-17-8-9-19(25)16(3)14-17)22-18-10-13-28(5-2)15-21(18)31-23(22)29-11-6-7-12-29/h6-9,11-12,14,20H,4-5,10,13,15H2,1-3H3,(H2,26,27,30)/t20-/m1/s1. The lowest BCUT2D eigenvalue weighted by Gasteiger charge is -2.27. The van der Waals surface area contributed by atoms with Crippen molar-refractivity contribution in [2.24, 2.45) is 0 Å². The first kappa shape index (κ1) is 22.1. The zero-order valence-electron chi connectivity index (χ0n) is 18.2. The number of aromatic nitrogens is 1. The lowest BCUT2D eigenvalue weighted by atomic mass is 9.96. The van der Waals surface area contributed by atoms with Gasteiger partial charge in [-0.3, -0.25) is 4.90 Å². The van der Waals surface area contributed by atoms with E-state index in [9.17, 15) is 4.79 Å². The quantitative estimate of drug-likeness (QED) is 0.419. The van der Waals surface area contributed by atoms with E-state index in [1.54, 1.807) is 0 Å². The predicted molar refractivity (Wildman–Crippen MR) is 132 cm³/mol. The van der Waals surface area contributed by atoms with Gasteiger partial charge in [-0.2, -0.15) is 0 Å². The monoisotopic (exact) mass is 500 g/mol. The fraction of sp³-hybridized carbons (Fsp3) is 0.375. The van der Waals surface area contributed by atoms with Gasteiger partial charge in [0, 0.05) is 46.1 Å². The van der Waals surface area contributed by atoms with Crippen molar-refractivity contribution in [2.75, 3.05) is 18.4 Å². The Morgan fingerprint density at radius 3 is 2.71 bits per heavy atom. The van der Waals surface area contributed by atoms with Crippen molar-refractivity contribution in [3.8, 4) is 5.00 Å². The number of likely N-dealkylation sites (N-methyl/N-ethyl adjacent to an activating group) is 1. The van der Waals surface area contributed by atoms with Crippen LogP contribution in [0.1, 0.15) is 47.9 Å². The van der Waals surface area contributed by atoms with E-state index >= 15 is 0 Å². The van der Waals surface area contributed by atoms with E-state index < -0.39 is 0 Å². The number of thiophene rings is 1. The SMILES string of the molecule is CC[C@@H](NC(=O)Nc1ccc(Br)c(C)c1)c1c(-n2cccc2)sc2c1CCN(CC)C2. The number of amides is 2. The zero-order chi connectivity index (χ0) is 22.0. The van der Waals surface area contributed by atoms with Crippen molar-refractivity contribution in [3.63, 3.8) is 0 Å². The summed E-state index contributed by atoms with van der Waals surface area (Å²) >= 11 is 5.37. The zero-order valence-corrected chi connectivity index (χ0v) is 20.6. The molecule has 7 heteroatoms. The molecule has 0 fully saturated rings. The first-order chi connectivity index (χ1) is 15.0. The third-order valence-corrected chi connectivity index (χ3v) is 8.06. The molecule has 0 aliphatic carbocycles. The highest BCUT2D eigenvalue weighted by molar-refractivity contribution is 9.10. The van der Waals surface area contributed by atoms with Gasteiger partial charge in [0.05, 0.1) is 6.04 Å². The molecule has 5 nitrogen and oxygen atoms in total. The highest BCUT2D eigenvalue weighted by Gasteiger charge is 2.29. The molecule has 3 aromatic rings. The maximum Gasteiger partial charge on any atom is 0.319 e. The Morgan fingerprint density at radius 2 is 2.03 bits per heavy atom. The second-order valence-electron chi connectivity index (χ2n) is 7.95. The van der Waals surface area contributed by atoms with Gasteiger partial charge in [-0.1, -0.05) is 29.8 Å². The molecule has 31 heavy (non-hydrogen) atoms. The molecule has 164 valence electrons. The number of aryl methyl sites for hydroxylation is 1. The number of hydrogen-bond acceptors (Lipinski definition) is 3. The molecule has 0 saturated heterocycles. The number of benzene rings is 1. The Morgan fingerprint density at radius 1 is 1.26 bits per heavy atom. The van der Waals surface area contributed by atoms with Gasteiger partial charge in [-0.15, -0.1) is 11.3 Å². The number of urea groups is 1. The Balaban J connectivity index is 1.62. The molecule has 0 unspecified atom stereocenters. The molecule has 0 saturated carbocycles. The molecule has 1 aliphatic heterocycles. The Labute approximate surface area is 196 Å². The van der Waals surface area contributed by atoms with E-state index in [1.807, 2.05) is 36.5 Å². The average Bonchev–Trinajstić information content (AvgIpc) is 3.42. The van der Waals surface area contributed by atoms with Crippen LogP contribution in [0, 0.1) is 6.92 Å². The molecule has 3 heterocycles. The summed E-state index contributed by atoms with van der Waals surface area (Å²) in [5.74, 6) is 0. The van der Waals surface area contributed by atoms with Crippen molar-refractivity contribution in [1.29, 1.82) is 0 Å². The number of fused-ring (bicyclic) bond motifs is 1. The number of carbonyl (C=O) groups excluding carboxylic acids is 1. The van der Waals surface area contributed by atoms with Crippen LogP contribution < -0.4 is 10.6 Å². The van der Waals surface area contributed by atoms with Crippen LogP contribution in [0.5, 0.6) is 0 Å². The first-order valence-corrected chi connectivity index (χ1v) is 12.4. The number of rotatable bonds is 6. The van der Waals surface area contributed by atoms with Gasteiger partial charge in [0.25, 0.3) is 0 Å². The molecule has 0 bridgehead atoms. The van der Waals surface area contributed by atoms with E-state index in [0.717, 1.165) is 48.2 Å². The van der Waals surface area contributed by atoms with Crippen molar-refractivity contribution in [1.82, 2.24) is 14.8 Å². The van der Waals surface area contributed by atoms with Crippen LogP contribution in [0.25, 0.3) is 5.00 Å². The van der Waals surface area contributed by atoms with Crippen LogP contribution in [0.2, 0.25) is 0 Å². The van der Waals surface area contributed by atoms with Crippen LogP contribution in [0.15, 0.2) is 47.2 Å². The largest absolute Gasteiger partial charge is 0.331 e. The Bertz CT molecular complexity index is 1060. The van der Waals surface area contributed by atoms with Crippen molar-refractivity contribution >= 4 is 39.0 Å². The topological polar surface area (TPSA) is 49.3 Å². The van der Waals surface area contributed by atoms with Gasteiger partial charge >= 0.3 is 6.03 Å². The number of nitrogens with one attached hydrogen (secondary N) is 2. The summed E-state index contributed by atoms with van der Waals surface area (Å²) in [6.45, 7) is 9.50. The molecule has 2 aromatic heterocycles. The summed E-state index contributed by atoms with van der Waals surface area (Å²) in [5.41, 5.74) is 4.58. The van der Waals surface area contributed by atoms with Crippen LogP contribution in [-0.2, 0) is 13.0 Å². The number of nitrogens with zero attached hydrogens (tertiary/aromatic N) is 2. The average molecular weight is 501 g/mol. The Hall–Kier alpha value is -2.09. The Kier molecular flexibility index (Phi) is 6.84. The molecule has 0 radical (unpaired) electrons. The molecule has 0 spiro atoms. The van der Waals surface area contributed by atoms with Crippen molar-refractivity contribution < 1.29 is 4.79 Å². The maximum atomic E-state index is 12.9. The van der Waals surface area contributed by atoms with Crippen LogP contribution in [-0.4, -0.2) is 28.6 Å². The van der Waals surface area contributed by atoms with E-state index in [2.05, 4.69) is 74.4 Å². The minimum Gasteiger partial charge on any atom is -0.331 e. The summed E-state index contributed by atoms with van der Waals surface area (Å²) in [7, 11) is 0. The first-order valence-electron chi connectivity index (χ1n) is 10.8. The second kappa shape index (κ2) is 9.59. The summed E-state index contributed by atoms with van der Waals surface area (Å²) in [5, 5.41) is 7.47. The fourth-order valence-corrected chi connectivity index (χ4v) is 5.85. The normalized spacial score (nSPS) is 14.8. The minimum absolute atomic E-state index is 0.0397. The van der Waals surface area contributed by atoms with Gasteiger partial charge in [0.2, 0.25) is 0 Å². The van der Waals surface area contributed by atoms with Crippen LogP contribution in [0.3, 0.4) is 0 Å². The molecule has 4 rings (SSSR count). The second-order valence-corrected chi connectivity index (χ2v) is 9.89. The molecular weight excluding hydrogens is 472 g/mol. The summed E-state index contributed by atoms with van der Waals surface area (Å²) in [6.07, 6.45) is 6.05. The third-order valence-electron chi connectivity index (χ3n) is 5.92.